The van der Waals surface area contributed by atoms with Crippen LogP contribution in [-0.4, -0.2) is 26.1 Å². The number of halogens is 1. The number of hydrogen-bond acceptors (Lipinski definition) is 3. The van der Waals surface area contributed by atoms with E-state index in [0.717, 1.165) is 36.2 Å². The molecule has 2 aromatic heterocycles. The lowest BCUT2D eigenvalue weighted by Crippen LogP contribution is -2.20. The Morgan fingerprint density at radius 1 is 1.42 bits per heavy atom. The molecule has 2 heterocycles. The van der Waals surface area contributed by atoms with Gasteiger partial charge in [0, 0.05) is 45.0 Å². The second-order valence-corrected chi connectivity index (χ2v) is 5.33. The second-order valence-electron chi connectivity index (χ2n) is 4.53. The van der Waals surface area contributed by atoms with Gasteiger partial charge in [0.15, 0.2) is 0 Å². The van der Waals surface area contributed by atoms with Crippen molar-refractivity contribution in [3.63, 3.8) is 0 Å². The summed E-state index contributed by atoms with van der Waals surface area (Å²) in [6.45, 7) is 6.78. The van der Waals surface area contributed by atoms with Crippen molar-refractivity contribution in [2.75, 3.05) is 6.54 Å². The first-order chi connectivity index (χ1) is 9.13. The van der Waals surface area contributed by atoms with E-state index >= 15 is 0 Å². The number of rotatable bonds is 6. The first-order valence-corrected chi connectivity index (χ1v) is 7.32. The maximum atomic E-state index is 4.49. The summed E-state index contributed by atoms with van der Waals surface area (Å²) in [5.74, 6) is 0. The van der Waals surface area contributed by atoms with Crippen LogP contribution in [0.5, 0.6) is 0 Å². The van der Waals surface area contributed by atoms with Gasteiger partial charge in [0.25, 0.3) is 0 Å². The summed E-state index contributed by atoms with van der Waals surface area (Å²) >= 11 is 3.61. The minimum absolute atomic E-state index is 0.827. The molecule has 104 valence electrons. The molecule has 0 aromatic carbocycles. The van der Waals surface area contributed by atoms with Gasteiger partial charge in [-0.15, -0.1) is 0 Å². The van der Waals surface area contributed by atoms with Crippen LogP contribution >= 0.6 is 15.9 Å². The van der Waals surface area contributed by atoms with Crippen molar-refractivity contribution >= 4 is 15.9 Å². The largest absolute Gasteiger partial charge is 0.311 e. The van der Waals surface area contributed by atoms with Crippen LogP contribution in [0.3, 0.4) is 0 Å². The van der Waals surface area contributed by atoms with E-state index < -0.39 is 0 Å². The van der Waals surface area contributed by atoms with Crippen molar-refractivity contribution in [2.24, 2.45) is 7.05 Å². The van der Waals surface area contributed by atoms with E-state index in [1.807, 2.05) is 29.5 Å². The Balaban J connectivity index is 1.88. The number of nitrogens with one attached hydrogen (secondary N) is 1. The molecule has 2 aromatic rings. The molecular formula is C13H20BrN5. The average molecular weight is 326 g/mol. The van der Waals surface area contributed by atoms with E-state index in [2.05, 4.69) is 44.4 Å². The molecule has 0 fully saturated rings. The molecule has 6 heteroatoms. The Kier molecular flexibility index (Phi) is 4.76. The predicted octanol–water partition coefficient (Wildman–Crippen LogP) is 2.04. The highest BCUT2D eigenvalue weighted by Gasteiger charge is 2.11. The quantitative estimate of drug-likeness (QED) is 0.827. The van der Waals surface area contributed by atoms with Crippen LogP contribution in [0.2, 0.25) is 0 Å². The van der Waals surface area contributed by atoms with Gasteiger partial charge in [0.1, 0.15) is 0 Å². The van der Waals surface area contributed by atoms with Crippen molar-refractivity contribution in [3.05, 3.63) is 33.8 Å². The normalized spacial score (nSPS) is 11.2. The van der Waals surface area contributed by atoms with E-state index in [9.17, 15) is 0 Å². The molecule has 0 atom stereocenters. The third-order valence-electron chi connectivity index (χ3n) is 3.23. The van der Waals surface area contributed by atoms with Crippen LogP contribution in [0, 0.1) is 6.92 Å². The lowest BCUT2D eigenvalue weighted by atomic mass is 10.3. The van der Waals surface area contributed by atoms with Gasteiger partial charge < -0.3 is 5.32 Å². The van der Waals surface area contributed by atoms with Gasteiger partial charge in [-0.3, -0.25) is 9.36 Å². The predicted molar refractivity (Wildman–Crippen MR) is 79.0 cm³/mol. The smallest absolute Gasteiger partial charge is 0.0739 e. The lowest BCUT2D eigenvalue weighted by Gasteiger charge is -2.08. The van der Waals surface area contributed by atoms with Gasteiger partial charge >= 0.3 is 0 Å². The van der Waals surface area contributed by atoms with Crippen LogP contribution in [0.25, 0.3) is 0 Å². The fourth-order valence-electron chi connectivity index (χ4n) is 2.11. The topological polar surface area (TPSA) is 47.7 Å². The molecular weight excluding hydrogens is 306 g/mol. The van der Waals surface area contributed by atoms with Crippen LogP contribution in [-0.2, 0) is 26.6 Å². The van der Waals surface area contributed by atoms with Crippen LogP contribution in [0.1, 0.15) is 24.0 Å². The monoisotopic (exact) mass is 325 g/mol. The van der Waals surface area contributed by atoms with E-state index in [0.29, 0.717) is 0 Å². The zero-order valence-electron chi connectivity index (χ0n) is 11.6. The molecule has 0 saturated heterocycles. The zero-order valence-corrected chi connectivity index (χ0v) is 13.2. The third-order valence-corrected chi connectivity index (χ3v) is 4.26. The fourth-order valence-corrected chi connectivity index (χ4v) is 2.53. The molecule has 0 amide bonds. The maximum absolute atomic E-state index is 4.49. The minimum Gasteiger partial charge on any atom is -0.311 e. The summed E-state index contributed by atoms with van der Waals surface area (Å²) in [5, 5.41) is 12.1. The molecule has 0 aliphatic heterocycles. The summed E-state index contributed by atoms with van der Waals surface area (Å²) in [6, 6.07) is 2.05. The highest BCUT2D eigenvalue weighted by atomic mass is 79.9. The van der Waals surface area contributed by atoms with Crippen molar-refractivity contribution in [2.45, 2.75) is 33.4 Å². The van der Waals surface area contributed by atoms with Crippen LogP contribution in [0.15, 0.2) is 16.7 Å². The molecule has 0 saturated carbocycles. The van der Waals surface area contributed by atoms with Crippen LogP contribution in [0.4, 0.5) is 0 Å². The fraction of sp³-hybridized carbons (Fsp3) is 0.538. The van der Waals surface area contributed by atoms with E-state index in [-0.39, 0.29) is 0 Å². The zero-order chi connectivity index (χ0) is 13.8. The Hall–Kier alpha value is -1.14. The van der Waals surface area contributed by atoms with Gasteiger partial charge in [-0.1, -0.05) is 0 Å². The summed E-state index contributed by atoms with van der Waals surface area (Å²) in [6.07, 6.45) is 2.81. The van der Waals surface area contributed by atoms with Crippen molar-refractivity contribution in [1.82, 2.24) is 24.9 Å². The second kappa shape index (κ2) is 6.34. The Bertz CT molecular complexity index is 543. The van der Waals surface area contributed by atoms with E-state index in [1.54, 1.807) is 0 Å². The van der Waals surface area contributed by atoms with E-state index in [1.165, 1.54) is 11.4 Å². The van der Waals surface area contributed by atoms with Gasteiger partial charge in [-0.25, -0.2) is 0 Å². The number of aryl methyl sites for hydroxylation is 3. The Morgan fingerprint density at radius 3 is 2.84 bits per heavy atom. The molecule has 0 aliphatic carbocycles. The summed E-state index contributed by atoms with van der Waals surface area (Å²) < 4.78 is 5.07. The minimum atomic E-state index is 0.827. The maximum Gasteiger partial charge on any atom is 0.0739 e. The van der Waals surface area contributed by atoms with Gasteiger partial charge in [-0.2, -0.15) is 10.2 Å². The standard InChI is InChI=1S/C13H20BrN5/c1-4-19-12(13(14)10(2)17-19)9-15-7-5-11-6-8-16-18(11)3/h6,8,15H,4-5,7,9H2,1-3H3. The molecule has 0 unspecified atom stereocenters. The SMILES string of the molecule is CCn1nc(C)c(Br)c1CNCCc1ccnn1C. The molecule has 1 N–H and O–H groups in total. The van der Waals surface area contributed by atoms with E-state index in [4.69, 9.17) is 0 Å². The van der Waals surface area contributed by atoms with Crippen LogP contribution < -0.4 is 5.32 Å². The first-order valence-electron chi connectivity index (χ1n) is 6.52. The molecule has 0 aliphatic rings. The molecule has 19 heavy (non-hydrogen) atoms. The Labute approximate surface area is 122 Å². The van der Waals surface area contributed by atoms with Crippen molar-refractivity contribution < 1.29 is 0 Å². The third kappa shape index (κ3) is 3.25. The first kappa shape index (κ1) is 14.3. The Morgan fingerprint density at radius 2 is 2.21 bits per heavy atom. The van der Waals surface area contributed by atoms with Crippen molar-refractivity contribution in [1.29, 1.82) is 0 Å². The molecule has 0 bridgehead atoms. The van der Waals surface area contributed by atoms with Crippen molar-refractivity contribution in [3.8, 4) is 0 Å². The van der Waals surface area contributed by atoms with Gasteiger partial charge in [0.2, 0.25) is 0 Å². The highest BCUT2D eigenvalue weighted by molar-refractivity contribution is 9.10. The van der Waals surface area contributed by atoms with Gasteiger partial charge in [0.05, 0.1) is 15.9 Å². The molecule has 0 spiro atoms. The summed E-state index contributed by atoms with van der Waals surface area (Å²) in [5.41, 5.74) is 3.50. The average Bonchev–Trinajstić information content (AvgIpc) is 2.92. The summed E-state index contributed by atoms with van der Waals surface area (Å²) in [7, 11) is 1.97. The lowest BCUT2D eigenvalue weighted by molar-refractivity contribution is 0.573. The number of aromatic nitrogens is 4. The molecule has 5 nitrogen and oxygen atoms in total. The molecule has 0 radical (unpaired) electrons. The van der Waals surface area contributed by atoms with Gasteiger partial charge in [-0.05, 0) is 35.8 Å². The summed E-state index contributed by atoms with van der Waals surface area (Å²) in [4.78, 5) is 0. The molecule has 2 rings (SSSR count). The number of nitrogens with zero attached hydrogens (tertiary/aromatic N) is 4. The highest BCUT2D eigenvalue weighted by Crippen LogP contribution is 2.20. The number of hydrogen-bond donors (Lipinski definition) is 1.